The lowest BCUT2D eigenvalue weighted by atomic mass is 10.1. The summed E-state index contributed by atoms with van der Waals surface area (Å²) in [5.41, 5.74) is -0.0569. The highest BCUT2D eigenvalue weighted by atomic mass is 28.4. The van der Waals surface area contributed by atoms with E-state index in [1.165, 1.54) is 14.2 Å². The fourth-order valence-corrected chi connectivity index (χ4v) is 2.49. The summed E-state index contributed by atoms with van der Waals surface area (Å²) in [6, 6.07) is 0. The molecule has 5 nitrogen and oxygen atoms in total. The molecule has 19 heavy (non-hydrogen) atoms. The van der Waals surface area contributed by atoms with Crippen LogP contribution in [0.1, 0.15) is 20.8 Å². The quantitative estimate of drug-likeness (QED) is 0.443. The molecule has 0 aromatic heterocycles. The van der Waals surface area contributed by atoms with Gasteiger partial charge in [0.2, 0.25) is 0 Å². The van der Waals surface area contributed by atoms with Crippen molar-refractivity contribution >= 4 is 14.3 Å². The highest BCUT2D eigenvalue weighted by Gasteiger charge is 2.42. The Morgan fingerprint density at radius 2 is 1.63 bits per heavy atom. The van der Waals surface area contributed by atoms with E-state index in [-0.39, 0.29) is 10.6 Å². The summed E-state index contributed by atoms with van der Waals surface area (Å²) in [4.78, 5) is 11.1. The van der Waals surface area contributed by atoms with Crippen LogP contribution in [0.4, 0.5) is 0 Å². The van der Waals surface area contributed by atoms with E-state index in [2.05, 4.69) is 27.4 Å². The van der Waals surface area contributed by atoms with Crippen molar-refractivity contribution in [2.24, 2.45) is 0 Å². The first-order chi connectivity index (χ1) is 8.47. The third-order valence-electron chi connectivity index (χ3n) is 3.56. The topological polar surface area (TPSA) is 65.0 Å². The molecule has 0 aliphatic heterocycles. The zero-order valence-corrected chi connectivity index (χ0v) is 13.9. The number of carboxylic acid groups (broad SMARTS) is 1. The molecule has 0 aromatic carbocycles. The van der Waals surface area contributed by atoms with Gasteiger partial charge in [0.1, 0.15) is 6.10 Å². The van der Waals surface area contributed by atoms with Gasteiger partial charge in [-0.2, -0.15) is 0 Å². The van der Waals surface area contributed by atoms with Gasteiger partial charge in [0.05, 0.1) is 5.57 Å². The molecule has 0 heterocycles. The second kappa shape index (κ2) is 6.65. The van der Waals surface area contributed by atoms with Crippen molar-refractivity contribution in [1.82, 2.24) is 0 Å². The maximum atomic E-state index is 11.1. The van der Waals surface area contributed by atoms with Gasteiger partial charge in [-0.1, -0.05) is 27.4 Å². The second-order valence-electron chi connectivity index (χ2n) is 5.97. The van der Waals surface area contributed by atoms with Crippen LogP contribution >= 0.6 is 0 Å². The fourth-order valence-electron chi connectivity index (χ4n) is 1.25. The largest absolute Gasteiger partial charge is 0.478 e. The molecule has 6 heteroatoms. The molecule has 1 N–H and O–H groups in total. The molecule has 0 aliphatic carbocycles. The molecule has 0 aliphatic rings. The van der Waals surface area contributed by atoms with E-state index < -0.39 is 26.7 Å². The van der Waals surface area contributed by atoms with Gasteiger partial charge in [0.25, 0.3) is 0 Å². The molecule has 0 saturated carbocycles. The zero-order valence-electron chi connectivity index (χ0n) is 12.9. The van der Waals surface area contributed by atoms with Crippen LogP contribution in [0.25, 0.3) is 0 Å². The van der Waals surface area contributed by atoms with Crippen molar-refractivity contribution in [3.05, 3.63) is 12.2 Å². The normalized spacial score (nSPS) is 14.5. The smallest absolute Gasteiger partial charge is 0.333 e. The molecule has 112 valence electrons. The predicted octanol–water partition coefficient (Wildman–Crippen LogP) is 2.64. The number of hydrogen-bond acceptors (Lipinski definition) is 4. The molecule has 0 bridgehead atoms. The number of ether oxygens (including phenoxy) is 2. The van der Waals surface area contributed by atoms with Crippen LogP contribution in [-0.4, -0.2) is 46.0 Å². The van der Waals surface area contributed by atoms with Gasteiger partial charge in [0.15, 0.2) is 14.6 Å². The second-order valence-corrected chi connectivity index (χ2v) is 10.7. The highest BCUT2D eigenvalue weighted by molar-refractivity contribution is 6.74. The third-order valence-corrected chi connectivity index (χ3v) is 8.01. The lowest BCUT2D eigenvalue weighted by Gasteiger charge is -2.40. The van der Waals surface area contributed by atoms with Crippen LogP contribution in [0.15, 0.2) is 12.2 Å². The number of carboxylic acids is 1. The molecule has 0 rings (SSSR count). The molecule has 1 atom stereocenters. The van der Waals surface area contributed by atoms with Crippen molar-refractivity contribution in [1.29, 1.82) is 0 Å². The number of methoxy groups -OCH3 is 2. The van der Waals surface area contributed by atoms with Crippen LogP contribution in [0.2, 0.25) is 18.1 Å². The monoisotopic (exact) mass is 290 g/mol. The summed E-state index contributed by atoms with van der Waals surface area (Å²) in [7, 11) is 0.743. The Morgan fingerprint density at radius 3 is 1.89 bits per heavy atom. The van der Waals surface area contributed by atoms with Crippen molar-refractivity contribution in [3.63, 3.8) is 0 Å². The minimum Gasteiger partial charge on any atom is -0.478 e. The Kier molecular flexibility index (Phi) is 6.41. The highest BCUT2D eigenvalue weighted by Crippen LogP contribution is 2.38. The van der Waals surface area contributed by atoms with Crippen LogP contribution in [0.3, 0.4) is 0 Å². The van der Waals surface area contributed by atoms with Gasteiger partial charge in [-0.15, -0.1) is 0 Å². The number of carbonyl (C=O) groups is 1. The molecule has 0 amide bonds. The molecule has 1 unspecified atom stereocenters. The number of hydrogen-bond donors (Lipinski definition) is 1. The lowest BCUT2D eigenvalue weighted by molar-refractivity contribution is -0.156. The maximum absolute atomic E-state index is 11.1. The summed E-state index contributed by atoms with van der Waals surface area (Å²) in [6.45, 7) is 13.9. The number of aliphatic carboxylic acids is 1. The number of rotatable bonds is 7. The Hall–Kier alpha value is -0.693. The molecule has 0 radical (unpaired) electrons. The standard InChI is InChI=1S/C13H26O5Si/c1-9(11(14)15)10(12(16-5)17-6)18-19(7,8)13(2,3)4/h10,12H,1H2,2-8H3,(H,14,15). The van der Waals surface area contributed by atoms with Crippen molar-refractivity contribution in [2.75, 3.05) is 14.2 Å². The Labute approximate surface area is 116 Å². The predicted molar refractivity (Wildman–Crippen MR) is 76.7 cm³/mol. The van der Waals surface area contributed by atoms with E-state index in [1.807, 2.05) is 13.1 Å². The van der Waals surface area contributed by atoms with E-state index in [1.54, 1.807) is 0 Å². The summed E-state index contributed by atoms with van der Waals surface area (Å²) >= 11 is 0. The molecule has 0 aromatic rings. The lowest BCUT2D eigenvalue weighted by Crippen LogP contribution is -2.49. The van der Waals surface area contributed by atoms with Gasteiger partial charge in [-0.3, -0.25) is 0 Å². The summed E-state index contributed by atoms with van der Waals surface area (Å²) in [5.74, 6) is -1.11. The van der Waals surface area contributed by atoms with E-state index in [0.717, 1.165) is 0 Å². The van der Waals surface area contributed by atoms with E-state index in [4.69, 9.17) is 19.0 Å². The average molecular weight is 290 g/mol. The Morgan fingerprint density at radius 1 is 1.21 bits per heavy atom. The van der Waals surface area contributed by atoms with E-state index in [9.17, 15) is 4.79 Å². The first-order valence-electron chi connectivity index (χ1n) is 6.13. The molecule has 0 fully saturated rings. The first-order valence-corrected chi connectivity index (χ1v) is 9.04. The van der Waals surface area contributed by atoms with Gasteiger partial charge in [0, 0.05) is 14.2 Å². The summed E-state index contributed by atoms with van der Waals surface area (Å²) in [5, 5.41) is 9.07. The van der Waals surface area contributed by atoms with Crippen molar-refractivity contribution in [3.8, 4) is 0 Å². The summed E-state index contributed by atoms with van der Waals surface area (Å²) in [6.07, 6.45) is -1.59. The Bertz CT molecular complexity index is 328. The first kappa shape index (κ1) is 18.3. The van der Waals surface area contributed by atoms with Crippen LogP contribution < -0.4 is 0 Å². The minimum absolute atomic E-state index is 0.0456. The van der Waals surface area contributed by atoms with E-state index in [0.29, 0.717) is 0 Å². The van der Waals surface area contributed by atoms with Gasteiger partial charge in [-0.25, -0.2) is 4.79 Å². The minimum atomic E-state index is -2.16. The average Bonchev–Trinajstić information content (AvgIpc) is 2.26. The summed E-state index contributed by atoms with van der Waals surface area (Å²) < 4.78 is 16.4. The van der Waals surface area contributed by atoms with Crippen molar-refractivity contribution in [2.45, 2.75) is 51.3 Å². The molecule has 0 spiro atoms. The molecule has 0 saturated heterocycles. The zero-order chi connectivity index (χ0) is 15.4. The van der Waals surface area contributed by atoms with Gasteiger partial charge >= 0.3 is 5.97 Å². The molecular weight excluding hydrogens is 264 g/mol. The van der Waals surface area contributed by atoms with E-state index >= 15 is 0 Å². The van der Waals surface area contributed by atoms with Crippen molar-refractivity contribution < 1.29 is 23.8 Å². The SMILES string of the molecule is C=C(C(=O)O)C(O[Si](C)(C)C(C)(C)C)C(OC)OC. The van der Waals surface area contributed by atoms with Gasteiger partial charge < -0.3 is 19.0 Å². The molecular formula is C13H26O5Si. The third kappa shape index (κ3) is 4.72. The van der Waals surface area contributed by atoms with Crippen LogP contribution in [-0.2, 0) is 18.7 Å². The van der Waals surface area contributed by atoms with Crippen LogP contribution in [0.5, 0.6) is 0 Å². The maximum Gasteiger partial charge on any atom is 0.333 e. The van der Waals surface area contributed by atoms with Crippen LogP contribution in [0, 0.1) is 0 Å². The fraction of sp³-hybridized carbons (Fsp3) is 0.769. The Balaban J connectivity index is 5.28. The van der Waals surface area contributed by atoms with Gasteiger partial charge in [-0.05, 0) is 18.1 Å².